The van der Waals surface area contributed by atoms with E-state index in [-0.39, 0.29) is 28.7 Å². The summed E-state index contributed by atoms with van der Waals surface area (Å²) >= 11 is 0. The summed E-state index contributed by atoms with van der Waals surface area (Å²) in [5.41, 5.74) is -0.557. The van der Waals surface area contributed by atoms with E-state index in [1.165, 1.54) is 12.1 Å². The molecule has 2 aliphatic heterocycles. The summed E-state index contributed by atoms with van der Waals surface area (Å²) in [6.45, 7) is 6.94. The van der Waals surface area contributed by atoms with Gasteiger partial charge in [-0.25, -0.2) is 17.6 Å². The summed E-state index contributed by atoms with van der Waals surface area (Å²) in [4.78, 5) is 28.3. The second kappa shape index (κ2) is 8.64. The molecule has 31 heavy (non-hydrogen) atoms. The van der Waals surface area contributed by atoms with Gasteiger partial charge >= 0.3 is 6.09 Å². The predicted molar refractivity (Wildman–Crippen MR) is 111 cm³/mol. The van der Waals surface area contributed by atoms with E-state index in [1.807, 2.05) is 20.8 Å². The van der Waals surface area contributed by atoms with E-state index in [2.05, 4.69) is 0 Å². The summed E-state index contributed by atoms with van der Waals surface area (Å²) in [5.74, 6) is -1.19. The number of ether oxygens (including phenoxy) is 2. The molecule has 0 N–H and O–H groups in total. The van der Waals surface area contributed by atoms with E-state index in [1.54, 1.807) is 9.80 Å². The molecule has 0 aliphatic carbocycles. The van der Waals surface area contributed by atoms with Crippen molar-refractivity contribution < 1.29 is 31.9 Å². The molecule has 2 fully saturated rings. The topological polar surface area (TPSA) is 93.2 Å². The first-order chi connectivity index (χ1) is 14.3. The highest BCUT2D eigenvalue weighted by molar-refractivity contribution is 7.90. The third-order valence-electron chi connectivity index (χ3n) is 5.35. The van der Waals surface area contributed by atoms with Gasteiger partial charge in [-0.1, -0.05) is 0 Å². The number of benzene rings is 1. The zero-order chi connectivity index (χ0) is 23.0. The fraction of sp³-hybridized carbons (Fsp3) is 0.619. The molecule has 2 heterocycles. The molecule has 1 aromatic rings. The molecule has 8 nitrogen and oxygen atoms in total. The molecule has 172 valence electrons. The summed E-state index contributed by atoms with van der Waals surface area (Å²) in [7, 11) is -3.53. The third-order valence-corrected chi connectivity index (χ3v) is 6.46. The van der Waals surface area contributed by atoms with E-state index in [0.717, 1.165) is 12.3 Å². The predicted octanol–water partition coefficient (Wildman–Crippen LogP) is 2.61. The van der Waals surface area contributed by atoms with Gasteiger partial charge in [0.05, 0.1) is 4.90 Å². The number of halogens is 1. The molecule has 2 saturated heterocycles. The van der Waals surface area contributed by atoms with Crippen molar-refractivity contribution in [2.24, 2.45) is 0 Å². The lowest BCUT2D eigenvalue weighted by molar-refractivity contribution is -0.136. The van der Waals surface area contributed by atoms with Gasteiger partial charge in [0.15, 0.2) is 27.5 Å². The monoisotopic (exact) mass is 456 g/mol. The van der Waals surface area contributed by atoms with Crippen LogP contribution in [0, 0.1) is 5.82 Å². The van der Waals surface area contributed by atoms with E-state index in [4.69, 9.17) is 9.47 Å². The fourth-order valence-electron chi connectivity index (χ4n) is 3.79. The van der Waals surface area contributed by atoms with Crippen molar-refractivity contribution in [3.8, 4) is 5.75 Å². The number of likely N-dealkylation sites (tertiary alicyclic amines) is 2. The lowest BCUT2D eigenvalue weighted by Gasteiger charge is -2.37. The van der Waals surface area contributed by atoms with Crippen LogP contribution < -0.4 is 4.74 Å². The van der Waals surface area contributed by atoms with Gasteiger partial charge in [0.1, 0.15) is 5.60 Å². The fourth-order valence-corrected chi connectivity index (χ4v) is 4.43. The van der Waals surface area contributed by atoms with Crippen LogP contribution in [-0.2, 0) is 19.4 Å². The maximum atomic E-state index is 14.3. The number of rotatable bonds is 4. The van der Waals surface area contributed by atoms with Gasteiger partial charge in [0.2, 0.25) is 0 Å². The Labute approximate surface area is 182 Å². The molecular formula is C21H29FN2O6S. The quantitative estimate of drug-likeness (QED) is 0.692. The minimum atomic E-state index is -3.53. The van der Waals surface area contributed by atoms with E-state index >= 15 is 0 Å². The molecule has 3 rings (SSSR count). The number of sulfone groups is 1. The van der Waals surface area contributed by atoms with Crippen LogP contribution in [0.15, 0.2) is 23.1 Å². The van der Waals surface area contributed by atoms with Gasteiger partial charge < -0.3 is 19.3 Å². The van der Waals surface area contributed by atoms with Crippen molar-refractivity contribution in [3.05, 3.63) is 24.0 Å². The van der Waals surface area contributed by atoms with Gasteiger partial charge in [-0.05, 0) is 51.8 Å². The first kappa shape index (κ1) is 23.3. The molecule has 1 atom stereocenters. The highest BCUT2D eigenvalue weighted by Gasteiger charge is 2.39. The Hall–Kier alpha value is -2.36. The minimum Gasteiger partial charge on any atom is -0.477 e. The van der Waals surface area contributed by atoms with Crippen LogP contribution in [0.25, 0.3) is 0 Å². The van der Waals surface area contributed by atoms with Crippen molar-refractivity contribution in [1.82, 2.24) is 9.80 Å². The van der Waals surface area contributed by atoms with Gasteiger partial charge in [-0.3, -0.25) is 4.79 Å². The Morgan fingerprint density at radius 1 is 1.13 bits per heavy atom. The molecule has 0 bridgehead atoms. The van der Waals surface area contributed by atoms with E-state index in [9.17, 15) is 22.4 Å². The highest BCUT2D eigenvalue weighted by atomic mass is 32.2. The standard InChI is InChI=1S/C21H29FN2O6S/c1-21(2,3)30-20(26)23-10-7-14(8-11-23)24-12-9-18(19(24)25)29-17-6-5-15(13-16(17)22)31(4,27)28/h5-6,13-14,18H,7-12H2,1-4H3. The smallest absolute Gasteiger partial charge is 0.410 e. The van der Waals surface area contributed by atoms with Crippen molar-refractivity contribution in [1.29, 1.82) is 0 Å². The molecule has 10 heteroatoms. The van der Waals surface area contributed by atoms with Crippen molar-refractivity contribution in [3.63, 3.8) is 0 Å². The number of amides is 2. The zero-order valence-electron chi connectivity index (χ0n) is 18.3. The third kappa shape index (κ3) is 5.66. The first-order valence-corrected chi connectivity index (χ1v) is 12.2. The van der Waals surface area contributed by atoms with E-state index < -0.39 is 27.4 Å². The summed E-state index contributed by atoms with van der Waals surface area (Å²) in [6, 6.07) is 3.38. The molecule has 0 aromatic heterocycles. The molecule has 1 aromatic carbocycles. The Morgan fingerprint density at radius 3 is 2.32 bits per heavy atom. The second-order valence-corrected chi connectivity index (χ2v) is 11.0. The number of piperidine rings is 1. The molecule has 2 amide bonds. The second-order valence-electron chi connectivity index (χ2n) is 8.99. The van der Waals surface area contributed by atoms with Crippen molar-refractivity contribution in [2.45, 2.75) is 62.7 Å². The maximum absolute atomic E-state index is 14.3. The van der Waals surface area contributed by atoms with Crippen LogP contribution in [0.1, 0.15) is 40.0 Å². The summed E-state index contributed by atoms with van der Waals surface area (Å²) < 4.78 is 48.3. The Balaban J connectivity index is 1.57. The van der Waals surface area contributed by atoms with Crippen molar-refractivity contribution >= 4 is 21.8 Å². The minimum absolute atomic E-state index is 0.0164. The zero-order valence-corrected chi connectivity index (χ0v) is 19.1. The van der Waals surface area contributed by atoms with Crippen LogP contribution in [0.3, 0.4) is 0 Å². The number of nitrogens with zero attached hydrogens (tertiary/aromatic N) is 2. The van der Waals surface area contributed by atoms with Crippen LogP contribution in [-0.4, -0.2) is 73.9 Å². The first-order valence-electron chi connectivity index (χ1n) is 10.3. The van der Waals surface area contributed by atoms with Gasteiger partial charge in [-0.15, -0.1) is 0 Å². The van der Waals surface area contributed by atoms with Crippen LogP contribution in [0.4, 0.5) is 9.18 Å². The maximum Gasteiger partial charge on any atom is 0.410 e. The number of carbonyl (C=O) groups is 2. The molecular weight excluding hydrogens is 427 g/mol. The van der Waals surface area contributed by atoms with E-state index in [0.29, 0.717) is 38.9 Å². The van der Waals surface area contributed by atoms with Gasteiger partial charge in [0.25, 0.3) is 5.91 Å². The van der Waals surface area contributed by atoms with Crippen LogP contribution in [0.5, 0.6) is 5.75 Å². The average Bonchev–Trinajstić information content (AvgIpc) is 3.01. The Bertz CT molecular complexity index is 951. The average molecular weight is 457 g/mol. The largest absolute Gasteiger partial charge is 0.477 e. The van der Waals surface area contributed by atoms with Crippen LogP contribution in [0.2, 0.25) is 0 Å². The van der Waals surface area contributed by atoms with Crippen LogP contribution >= 0.6 is 0 Å². The van der Waals surface area contributed by atoms with Crippen molar-refractivity contribution in [2.75, 3.05) is 25.9 Å². The Morgan fingerprint density at radius 2 is 1.77 bits per heavy atom. The molecule has 1 unspecified atom stereocenters. The lowest BCUT2D eigenvalue weighted by Crippen LogP contribution is -2.49. The van der Waals surface area contributed by atoms with Gasteiger partial charge in [0, 0.05) is 38.4 Å². The summed E-state index contributed by atoms with van der Waals surface area (Å²) in [6.07, 6.45) is 1.51. The molecule has 0 spiro atoms. The molecule has 0 saturated carbocycles. The number of carbonyl (C=O) groups excluding carboxylic acids is 2. The number of hydrogen-bond acceptors (Lipinski definition) is 6. The lowest BCUT2D eigenvalue weighted by atomic mass is 10.0. The normalized spacial score (nSPS) is 20.8. The molecule has 0 radical (unpaired) electrons. The summed E-state index contributed by atoms with van der Waals surface area (Å²) in [5, 5.41) is 0. The highest BCUT2D eigenvalue weighted by Crippen LogP contribution is 2.28. The number of hydrogen-bond donors (Lipinski definition) is 0. The SMILES string of the molecule is CC(C)(C)OC(=O)N1CCC(N2CCC(Oc3ccc(S(C)(=O)=O)cc3F)C2=O)CC1. The Kier molecular flexibility index (Phi) is 6.50. The molecule has 2 aliphatic rings. The van der Waals surface area contributed by atoms with Gasteiger partial charge in [-0.2, -0.15) is 0 Å².